The molecule has 0 saturated carbocycles. The van der Waals surface area contributed by atoms with E-state index < -0.39 is 18.5 Å². The van der Waals surface area contributed by atoms with Crippen molar-refractivity contribution in [2.75, 3.05) is 25.3 Å². The summed E-state index contributed by atoms with van der Waals surface area (Å²) in [6, 6.07) is 11.6. The van der Waals surface area contributed by atoms with Crippen LogP contribution in [0.25, 0.3) is 0 Å². The number of nitrogens with one attached hydrogen (secondary N) is 1. The molecule has 0 saturated heterocycles. The Bertz CT molecular complexity index is 817. The summed E-state index contributed by atoms with van der Waals surface area (Å²) >= 11 is 1.52. The van der Waals surface area contributed by atoms with E-state index in [1.54, 1.807) is 42.5 Å². The lowest BCUT2D eigenvalue weighted by atomic mass is 10.1. The van der Waals surface area contributed by atoms with Crippen molar-refractivity contribution >= 4 is 35.1 Å². The van der Waals surface area contributed by atoms with E-state index in [2.05, 4.69) is 5.32 Å². The van der Waals surface area contributed by atoms with Gasteiger partial charge in [0.25, 0.3) is 5.91 Å². The van der Waals surface area contributed by atoms with Gasteiger partial charge >= 0.3 is 5.97 Å². The highest BCUT2D eigenvalue weighted by Gasteiger charge is 2.16. The predicted molar refractivity (Wildman–Crippen MR) is 100 cm³/mol. The number of Topliss-reactive ketones (excluding diaryl/α,β-unsaturated/α-hetero) is 1. The Labute approximate surface area is 155 Å². The predicted octanol–water partition coefficient (Wildman–Crippen LogP) is 3.42. The molecule has 0 bridgehead atoms. The second-order valence-corrected chi connectivity index (χ2v) is 6.20. The number of thioether (sulfide) groups is 1. The highest BCUT2D eigenvalue weighted by atomic mass is 32.2. The summed E-state index contributed by atoms with van der Waals surface area (Å²) in [4.78, 5) is 36.3. The number of methoxy groups -OCH3 is 1. The fourth-order valence-corrected chi connectivity index (χ4v) is 2.59. The Hall–Kier alpha value is -2.80. The highest BCUT2D eigenvalue weighted by Crippen LogP contribution is 2.25. The highest BCUT2D eigenvalue weighted by molar-refractivity contribution is 7.98. The molecule has 26 heavy (non-hydrogen) atoms. The molecule has 0 atom stereocenters. The third kappa shape index (κ3) is 5.10. The van der Waals surface area contributed by atoms with E-state index in [9.17, 15) is 14.4 Å². The molecule has 0 heterocycles. The Kier molecular flexibility index (Phi) is 6.80. The van der Waals surface area contributed by atoms with Crippen LogP contribution in [-0.2, 0) is 9.53 Å². The lowest BCUT2D eigenvalue weighted by molar-refractivity contribution is -0.119. The van der Waals surface area contributed by atoms with Gasteiger partial charge in [-0.15, -0.1) is 11.8 Å². The van der Waals surface area contributed by atoms with Gasteiger partial charge in [-0.25, -0.2) is 4.79 Å². The van der Waals surface area contributed by atoms with Crippen LogP contribution in [0.4, 0.5) is 5.69 Å². The van der Waals surface area contributed by atoms with E-state index >= 15 is 0 Å². The van der Waals surface area contributed by atoms with E-state index in [0.717, 1.165) is 4.90 Å². The van der Waals surface area contributed by atoms with E-state index in [0.29, 0.717) is 17.0 Å². The van der Waals surface area contributed by atoms with Crippen molar-refractivity contribution in [2.24, 2.45) is 0 Å². The molecule has 2 rings (SSSR count). The molecule has 0 aliphatic heterocycles. The van der Waals surface area contributed by atoms with Crippen molar-refractivity contribution in [2.45, 2.75) is 11.8 Å². The van der Waals surface area contributed by atoms with Crippen molar-refractivity contribution in [3.63, 3.8) is 0 Å². The summed E-state index contributed by atoms with van der Waals surface area (Å²) in [5, 5.41) is 2.60. The number of benzene rings is 2. The van der Waals surface area contributed by atoms with Crippen molar-refractivity contribution < 1.29 is 23.9 Å². The van der Waals surface area contributed by atoms with E-state index in [1.165, 1.54) is 25.8 Å². The van der Waals surface area contributed by atoms with E-state index in [1.807, 2.05) is 6.26 Å². The van der Waals surface area contributed by atoms with E-state index in [-0.39, 0.29) is 11.3 Å². The van der Waals surface area contributed by atoms with Crippen LogP contribution < -0.4 is 10.1 Å². The average Bonchev–Trinajstić information content (AvgIpc) is 2.65. The number of rotatable bonds is 7. The molecule has 136 valence electrons. The zero-order valence-corrected chi connectivity index (χ0v) is 15.5. The summed E-state index contributed by atoms with van der Waals surface area (Å²) in [6.07, 6.45) is 1.92. The first kappa shape index (κ1) is 19.5. The minimum atomic E-state index is -0.642. The van der Waals surface area contributed by atoms with Gasteiger partial charge in [-0.3, -0.25) is 9.59 Å². The second-order valence-electron chi connectivity index (χ2n) is 5.32. The van der Waals surface area contributed by atoms with Gasteiger partial charge < -0.3 is 14.8 Å². The molecule has 1 N–H and O–H groups in total. The molecule has 0 fully saturated rings. The zero-order valence-electron chi connectivity index (χ0n) is 14.7. The van der Waals surface area contributed by atoms with E-state index in [4.69, 9.17) is 9.47 Å². The summed E-state index contributed by atoms with van der Waals surface area (Å²) in [5.74, 6) is -0.787. The lowest BCUT2D eigenvalue weighted by Crippen LogP contribution is -2.21. The monoisotopic (exact) mass is 373 g/mol. The maximum atomic E-state index is 12.2. The largest absolute Gasteiger partial charge is 0.496 e. The summed E-state index contributed by atoms with van der Waals surface area (Å²) in [5.41, 5.74) is 1.32. The molecule has 2 aromatic carbocycles. The maximum Gasteiger partial charge on any atom is 0.342 e. The van der Waals surface area contributed by atoms with Crippen LogP contribution in [0.3, 0.4) is 0 Å². The number of carbonyl (C=O) groups excluding carboxylic acids is 3. The smallest absolute Gasteiger partial charge is 0.342 e. The third-order valence-electron chi connectivity index (χ3n) is 3.54. The third-order valence-corrected chi connectivity index (χ3v) is 4.26. The number of anilines is 1. The van der Waals surface area contributed by atoms with Crippen LogP contribution in [-0.4, -0.2) is 37.6 Å². The summed E-state index contributed by atoms with van der Waals surface area (Å²) in [7, 11) is 1.47. The number of ketones is 1. The van der Waals surface area contributed by atoms with Crippen LogP contribution >= 0.6 is 11.8 Å². The van der Waals surface area contributed by atoms with Crippen molar-refractivity contribution in [3.05, 3.63) is 53.6 Å². The summed E-state index contributed by atoms with van der Waals surface area (Å²) in [6.45, 7) is 1.04. The second kappa shape index (κ2) is 9.05. The number of carbonyl (C=O) groups is 3. The topological polar surface area (TPSA) is 81.7 Å². The Balaban J connectivity index is 1.94. The number of hydrogen-bond donors (Lipinski definition) is 1. The standard InChI is InChI=1S/C19H19NO5S/c1-12(21)13-4-6-14(7-5-13)20-18(22)11-25-19(23)16-9-8-15(26-3)10-17(16)24-2/h4-10H,11H2,1-3H3,(H,20,22). The quantitative estimate of drug-likeness (QED) is 0.455. The van der Waals surface area contributed by atoms with Crippen LogP contribution in [0.5, 0.6) is 5.75 Å². The summed E-state index contributed by atoms with van der Waals surface area (Å²) < 4.78 is 10.2. The Morgan fingerprint density at radius 3 is 2.35 bits per heavy atom. The first-order valence-electron chi connectivity index (χ1n) is 7.74. The van der Waals surface area contributed by atoms with Gasteiger partial charge in [0.15, 0.2) is 12.4 Å². The van der Waals surface area contributed by atoms with Gasteiger partial charge in [-0.1, -0.05) is 0 Å². The lowest BCUT2D eigenvalue weighted by Gasteiger charge is -2.10. The fourth-order valence-electron chi connectivity index (χ4n) is 2.16. The maximum absolute atomic E-state index is 12.2. The van der Waals surface area contributed by atoms with Gasteiger partial charge in [0, 0.05) is 16.1 Å². The normalized spacial score (nSPS) is 10.1. The van der Waals surface area contributed by atoms with Crippen molar-refractivity contribution in [1.82, 2.24) is 0 Å². The fraction of sp³-hybridized carbons (Fsp3) is 0.211. The minimum absolute atomic E-state index is 0.0572. The number of esters is 1. The van der Waals surface area contributed by atoms with Crippen LogP contribution in [0.1, 0.15) is 27.6 Å². The molecule has 1 amide bonds. The molecule has 6 nitrogen and oxygen atoms in total. The molecule has 0 unspecified atom stereocenters. The molecular formula is C19H19NO5S. The first-order valence-corrected chi connectivity index (χ1v) is 8.97. The molecule has 0 spiro atoms. The number of amides is 1. The van der Waals surface area contributed by atoms with Gasteiger partial charge in [-0.2, -0.15) is 0 Å². The molecule has 0 radical (unpaired) electrons. The molecule has 7 heteroatoms. The van der Waals surface area contributed by atoms with Gasteiger partial charge in [0.05, 0.1) is 7.11 Å². The Morgan fingerprint density at radius 2 is 1.77 bits per heavy atom. The SMILES string of the molecule is COc1cc(SC)ccc1C(=O)OCC(=O)Nc1ccc(C(C)=O)cc1. The molecule has 0 aromatic heterocycles. The minimum Gasteiger partial charge on any atom is -0.496 e. The Morgan fingerprint density at radius 1 is 1.08 bits per heavy atom. The molecule has 2 aromatic rings. The van der Waals surface area contributed by atoms with Gasteiger partial charge in [0.1, 0.15) is 11.3 Å². The van der Waals surface area contributed by atoms with Gasteiger partial charge in [-0.05, 0) is 55.6 Å². The first-order chi connectivity index (χ1) is 12.4. The number of hydrogen-bond acceptors (Lipinski definition) is 6. The van der Waals surface area contributed by atoms with Gasteiger partial charge in [0.2, 0.25) is 0 Å². The van der Waals surface area contributed by atoms with Crippen molar-refractivity contribution in [1.29, 1.82) is 0 Å². The zero-order chi connectivity index (χ0) is 19.1. The number of ether oxygens (including phenoxy) is 2. The molecule has 0 aliphatic carbocycles. The molecular weight excluding hydrogens is 354 g/mol. The molecule has 0 aliphatic rings. The average molecular weight is 373 g/mol. The van der Waals surface area contributed by atoms with Crippen LogP contribution in [0, 0.1) is 0 Å². The van der Waals surface area contributed by atoms with Crippen molar-refractivity contribution in [3.8, 4) is 5.75 Å². The van der Waals surface area contributed by atoms with Crippen LogP contribution in [0.2, 0.25) is 0 Å². The van der Waals surface area contributed by atoms with Crippen LogP contribution in [0.15, 0.2) is 47.4 Å².